The number of nitrogens with one attached hydrogen (secondary N) is 3. The highest BCUT2D eigenvalue weighted by Crippen LogP contribution is 2.18. The van der Waals surface area contributed by atoms with Crippen LogP contribution in [0.1, 0.15) is 25.3 Å². The van der Waals surface area contributed by atoms with Gasteiger partial charge in [0.2, 0.25) is 5.91 Å². The van der Waals surface area contributed by atoms with E-state index < -0.39 is 24.5 Å². The maximum Gasteiger partial charge on any atom is 0.325 e. The number of hydrogen-bond donors (Lipinski definition) is 3. The molecule has 2 aromatic rings. The van der Waals surface area contributed by atoms with Crippen molar-refractivity contribution in [2.24, 2.45) is 0 Å². The zero-order valence-corrected chi connectivity index (χ0v) is 16.3. The molecule has 0 aliphatic rings. The van der Waals surface area contributed by atoms with Crippen molar-refractivity contribution in [1.82, 2.24) is 16.0 Å². The topological polar surface area (TPSA) is 114 Å². The van der Waals surface area contributed by atoms with Crippen LogP contribution in [0.2, 0.25) is 0 Å². The normalized spacial score (nSPS) is 10.2. The SMILES string of the molecule is CCCCNC(=O)NC(=O)COC(=O)CNC(=O)Cc1cccc2ccccc12. The Balaban J connectivity index is 1.70. The third kappa shape index (κ3) is 7.61. The van der Waals surface area contributed by atoms with Crippen molar-refractivity contribution in [1.29, 1.82) is 0 Å². The number of urea groups is 1. The molecule has 8 heteroatoms. The maximum atomic E-state index is 12.1. The summed E-state index contributed by atoms with van der Waals surface area (Å²) >= 11 is 0. The van der Waals surface area contributed by atoms with E-state index in [4.69, 9.17) is 4.74 Å². The number of fused-ring (bicyclic) bond motifs is 1. The van der Waals surface area contributed by atoms with Gasteiger partial charge in [0.15, 0.2) is 6.61 Å². The number of esters is 1. The van der Waals surface area contributed by atoms with Crippen LogP contribution in [0.5, 0.6) is 0 Å². The first kappa shape index (κ1) is 21.9. The Kier molecular flexibility index (Phi) is 8.62. The van der Waals surface area contributed by atoms with E-state index >= 15 is 0 Å². The number of hydrogen-bond acceptors (Lipinski definition) is 5. The Morgan fingerprint density at radius 3 is 2.48 bits per heavy atom. The van der Waals surface area contributed by atoms with Crippen molar-refractivity contribution in [3.8, 4) is 0 Å². The monoisotopic (exact) mass is 399 g/mol. The Bertz CT molecular complexity index is 876. The van der Waals surface area contributed by atoms with Crippen molar-refractivity contribution >= 4 is 34.6 Å². The molecule has 154 valence electrons. The molecule has 0 radical (unpaired) electrons. The average molecular weight is 399 g/mol. The molecular weight excluding hydrogens is 374 g/mol. The molecule has 0 bridgehead atoms. The highest BCUT2D eigenvalue weighted by molar-refractivity contribution is 5.96. The van der Waals surface area contributed by atoms with Gasteiger partial charge in [-0.05, 0) is 22.8 Å². The summed E-state index contributed by atoms with van der Waals surface area (Å²) in [6.07, 6.45) is 1.83. The molecular formula is C21H25N3O5. The van der Waals surface area contributed by atoms with Crippen LogP contribution in [0.3, 0.4) is 0 Å². The number of ether oxygens (including phenoxy) is 1. The first-order valence-corrected chi connectivity index (χ1v) is 9.46. The molecule has 0 fully saturated rings. The zero-order chi connectivity index (χ0) is 21.1. The van der Waals surface area contributed by atoms with E-state index in [0.717, 1.165) is 29.2 Å². The minimum atomic E-state index is -0.766. The quantitative estimate of drug-likeness (QED) is 0.438. The van der Waals surface area contributed by atoms with Gasteiger partial charge in [-0.25, -0.2) is 4.79 Å². The first-order valence-electron chi connectivity index (χ1n) is 9.46. The molecule has 0 aliphatic heterocycles. The lowest BCUT2D eigenvalue weighted by atomic mass is 10.0. The lowest BCUT2D eigenvalue weighted by molar-refractivity contribution is -0.148. The minimum Gasteiger partial charge on any atom is -0.454 e. The molecule has 3 N–H and O–H groups in total. The predicted octanol–water partition coefficient (Wildman–Crippen LogP) is 1.67. The second-order valence-electron chi connectivity index (χ2n) is 6.41. The fourth-order valence-corrected chi connectivity index (χ4v) is 2.64. The second kappa shape index (κ2) is 11.4. The fourth-order valence-electron chi connectivity index (χ4n) is 2.64. The van der Waals surface area contributed by atoms with Crippen LogP contribution in [0, 0.1) is 0 Å². The van der Waals surface area contributed by atoms with Gasteiger partial charge in [0.25, 0.3) is 5.91 Å². The van der Waals surface area contributed by atoms with Crippen molar-refractivity contribution in [3.05, 3.63) is 48.0 Å². The lowest BCUT2D eigenvalue weighted by Gasteiger charge is -2.09. The highest BCUT2D eigenvalue weighted by Gasteiger charge is 2.12. The van der Waals surface area contributed by atoms with E-state index in [0.29, 0.717) is 6.54 Å². The predicted molar refractivity (Wildman–Crippen MR) is 108 cm³/mol. The molecule has 0 atom stereocenters. The average Bonchev–Trinajstić information content (AvgIpc) is 2.71. The van der Waals surface area contributed by atoms with Crippen LogP contribution in [0.15, 0.2) is 42.5 Å². The van der Waals surface area contributed by atoms with Gasteiger partial charge < -0.3 is 15.4 Å². The van der Waals surface area contributed by atoms with Crippen molar-refractivity contribution < 1.29 is 23.9 Å². The summed E-state index contributed by atoms with van der Waals surface area (Å²) in [4.78, 5) is 46.8. The number of benzene rings is 2. The van der Waals surface area contributed by atoms with E-state index in [1.165, 1.54) is 0 Å². The number of carbonyl (C=O) groups excluding carboxylic acids is 4. The summed E-state index contributed by atoms with van der Waals surface area (Å²) in [5, 5.41) is 9.04. The van der Waals surface area contributed by atoms with Gasteiger partial charge in [-0.3, -0.25) is 19.7 Å². The summed E-state index contributed by atoms with van der Waals surface area (Å²) in [5.41, 5.74) is 0.849. The summed E-state index contributed by atoms with van der Waals surface area (Å²) < 4.78 is 4.76. The van der Waals surface area contributed by atoms with Gasteiger partial charge >= 0.3 is 12.0 Å². The third-order valence-electron chi connectivity index (χ3n) is 4.09. The van der Waals surface area contributed by atoms with Gasteiger partial charge in [-0.1, -0.05) is 55.8 Å². The molecule has 0 aliphatic carbocycles. The summed E-state index contributed by atoms with van der Waals surface area (Å²) in [5.74, 6) is -1.84. The van der Waals surface area contributed by atoms with E-state index in [2.05, 4.69) is 16.0 Å². The van der Waals surface area contributed by atoms with Gasteiger partial charge in [-0.2, -0.15) is 0 Å². The third-order valence-corrected chi connectivity index (χ3v) is 4.09. The molecule has 2 aromatic carbocycles. The van der Waals surface area contributed by atoms with Crippen LogP contribution in [0.25, 0.3) is 10.8 Å². The van der Waals surface area contributed by atoms with Crippen molar-refractivity contribution in [2.75, 3.05) is 19.7 Å². The van der Waals surface area contributed by atoms with Gasteiger partial charge in [-0.15, -0.1) is 0 Å². The lowest BCUT2D eigenvalue weighted by Crippen LogP contribution is -2.42. The van der Waals surface area contributed by atoms with Crippen LogP contribution in [-0.2, 0) is 25.5 Å². The van der Waals surface area contributed by atoms with Crippen molar-refractivity contribution in [2.45, 2.75) is 26.2 Å². The minimum absolute atomic E-state index is 0.118. The number of imide groups is 1. The summed E-state index contributed by atoms with van der Waals surface area (Å²) in [7, 11) is 0. The van der Waals surface area contributed by atoms with E-state index in [1.807, 2.05) is 49.4 Å². The Hall–Kier alpha value is -3.42. The molecule has 0 spiro atoms. The van der Waals surface area contributed by atoms with Crippen LogP contribution in [0.4, 0.5) is 4.79 Å². The van der Waals surface area contributed by atoms with E-state index in [9.17, 15) is 19.2 Å². The standard InChI is InChI=1S/C21H25N3O5/c1-2-3-11-22-21(28)24-19(26)14-29-20(27)13-23-18(25)12-16-9-6-8-15-7-4-5-10-17(15)16/h4-10H,2-3,11-14H2,1H3,(H,23,25)(H2,22,24,26,28). The molecule has 0 aromatic heterocycles. The van der Waals surface area contributed by atoms with E-state index in [1.54, 1.807) is 0 Å². The molecule has 0 heterocycles. The largest absolute Gasteiger partial charge is 0.454 e. The Labute approximate surface area is 169 Å². The molecule has 2 rings (SSSR count). The number of rotatable bonds is 9. The second-order valence-corrected chi connectivity index (χ2v) is 6.41. The maximum absolute atomic E-state index is 12.1. The smallest absolute Gasteiger partial charge is 0.325 e. The van der Waals surface area contributed by atoms with Crippen LogP contribution >= 0.6 is 0 Å². The van der Waals surface area contributed by atoms with Gasteiger partial charge in [0.05, 0.1) is 6.42 Å². The first-order chi connectivity index (χ1) is 14.0. The van der Waals surface area contributed by atoms with Crippen molar-refractivity contribution in [3.63, 3.8) is 0 Å². The molecule has 0 saturated carbocycles. The Morgan fingerprint density at radius 2 is 1.69 bits per heavy atom. The van der Waals surface area contributed by atoms with Gasteiger partial charge in [0.1, 0.15) is 6.54 Å². The molecule has 0 saturated heterocycles. The number of amides is 4. The summed E-state index contributed by atoms with van der Waals surface area (Å²) in [6, 6.07) is 12.8. The Morgan fingerprint density at radius 1 is 0.931 bits per heavy atom. The van der Waals surface area contributed by atoms with Crippen LogP contribution in [-0.4, -0.2) is 43.5 Å². The number of unbranched alkanes of at least 4 members (excludes halogenated alkanes) is 1. The highest BCUT2D eigenvalue weighted by atomic mass is 16.5. The van der Waals surface area contributed by atoms with Crippen LogP contribution < -0.4 is 16.0 Å². The van der Waals surface area contributed by atoms with Gasteiger partial charge in [0, 0.05) is 6.54 Å². The number of carbonyl (C=O) groups is 4. The molecule has 4 amide bonds. The molecule has 0 unspecified atom stereocenters. The molecule has 8 nitrogen and oxygen atoms in total. The summed E-state index contributed by atoms with van der Waals surface area (Å²) in [6.45, 7) is 1.47. The zero-order valence-electron chi connectivity index (χ0n) is 16.3. The fraction of sp³-hybridized carbons (Fsp3) is 0.333. The van der Waals surface area contributed by atoms with E-state index in [-0.39, 0.29) is 18.9 Å². The molecule has 29 heavy (non-hydrogen) atoms.